The maximum atomic E-state index is 12.2. The summed E-state index contributed by atoms with van der Waals surface area (Å²) in [7, 11) is -1.34. The molecule has 5 nitrogen and oxygen atoms in total. The molecule has 1 aromatic carbocycles. The molecule has 0 spiro atoms. The maximum Gasteiger partial charge on any atom is 0.215 e. The molecule has 0 amide bonds. The lowest BCUT2D eigenvalue weighted by atomic mass is 10.1. The molecular formula is C17H27N3O2S. The van der Waals surface area contributed by atoms with Gasteiger partial charge in [0.2, 0.25) is 10.0 Å². The van der Waals surface area contributed by atoms with E-state index in [0.29, 0.717) is 6.54 Å². The number of benzene rings is 1. The summed E-state index contributed by atoms with van der Waals surface area (Å²) in [4.78, 5) is 3.24. The van der Waals surface area contributed by atoms with Gasteiger partial charge in [-0.2, -0.15) is 0 Å². The first kappa shape index (κ1) is 18.0. The van der Waals surface area contributed by atoms with Crippen molar-refractivity contribution in [1.82, 2.24) is 15.0 Å². The van der Waals surface area contributed by atoms with E-state index in [4.69, 9.17) is 0 Å². The van der Waals surface area contributed by atoms with E-state index < -0.39 is 10.0 Å². The van der Waals surface area contributed by atoms with Crippen LogP contribution in [0, 0.1) is 0 Å². The highest BCUT2D eigenvalue weighted by molar-refractivity contribution is 7.88. The summed E-state index contributed by atoms with van der Waals surface area (Å²) in [5.74, 6) is 0.0334. The number of nitrogens with one attached hydrogen (secondary N) is 3. The fourth-order valence-corrected chi connectivity index (χ4v) is 3.83. The van der Waals surface area contributed by atoms with Gasteiger partial charge in [0.25, 0.3) is 0 Å². The minimum absolute atomic E-state index is 0.0334. The molecular weight excluding hydrogens is 310 g/mol. The van der Waals surface area contributed by atoms with Crippen molar-refractivity contribution in [2.45, 2.75) is 38.4 Å². The SMILES string of the molecule is CCCCCNS(=O)(=O)Cc1ccc2[nH]cc(CCNC)c2c1. The summed E-state index contributed by atoms with van der Waals surface area (Å²) in [6.07, 6.45) is 5.94. The van der Waals surface area contributed by atoms with Gasteiger partial charge in [-0.3, -0.25) is 0 Å². The molecule has 6 heteroatoms. The van der Waals surface area contributed by atoms with Gasteiger partial charge in [0, 0.05) is 23.6 Å². The first-order valence-electron chi connectivity index (χ1n) is 8.26. The third kappa shape index (κ3) is 5.34. The van der Waals surface area contributed by atoms with E-state index in [1.165, 1.54) is 5.56 Å². The fraction of sp³-hybridized carbons (Fsp3) is 0.529. The topological polar surface area (TPSA) is 74.0 Å². The molecule has 0 bridgehead atoms. The first-order chi connectivity index (χ1) is 11.1. The number of unbranched alkanes of at least 4 members (excludes halogenated alkanes) is 2. The Morgan fingerprint density at radius 1 is 1.17 bits per heavy atom. The summed E-state index contributed by atoms with van der Waals surface area (Å²) in [5, 5.41) is 4.25. The van der Waals surface area contributed by atoms with Crippen LogP contribution in [-0.4, -0.2) is 33.5 Å². The predicted octanol–water partition coefficient (Wildman–Crippen LogP) is 2.54. The highest BCUT2D eigenvalue weighted by Crippen LogP contribution is 2.21. The Kier molecular flexibility index (Phi) is 6.62. The van der Waals surface area contributed by atoms with Crippen molar-refractivity contribution in [3.8, 4) is 0 Å². The van der Waals surface area contributed by atoms with Crippen LogP contribution in [0.5, 0.6) is 0 Å². The summed E-state index contributed by atoms with van der Waals surface area (Å²) in [5.41, 5.74) is 3.09. The van der Waals surface area contributed by atoms with Crippen LogP contribution in [0.3, 0.4) is 0 Å². The quantitative estimate of drug-likeness (QED) is 0.583. The number of aromatic nitrogens is 1. The zero-order chi connectivity index (χ0) is 16.7. The van der Waals surface area contributed by atoms with Gasteiger partial charge in [0.05, 0.1) is 5.75 Å². The average molecular weight is 337 g/mol. The third-order valence-electron chi connectivity index (χ3n) is 3.94. The molecule has 0 aliphatic carbocycles. The lowest BCUT2D eigenvalue weighted by Gasteiger charge is -2.07. The predicted molar refractivity (Wildman–Crippen MR) is 96.1 cm³/mol. The van der Waals surface area contributed by atoms with Crippen molar-refractivity contribution in [2.75, 3.05) is 20.1 Å². The average Bonchev–Trinajstić information content (AvgIpc) is 2.91. The molecule has 128 valence electrons. The third-order valence-corrected chi connectivity index (χ3v) is 5.29. The van der Waals surface area contributed by atoms with Crippen molar-refractivity contribution in [2.24, 2.45) is 0 Å². The number of hydrogen-bond donors (Lipinski definition) is 3. The Balaban J connectivity index is 2.07. The zero-order valence-corrected chi connectivity index (χ0v) is 14.8. The van der Waals surface area contributed by atoms with Crippen molar-refractivity contribution < 1.29 is 8.42 Å². The lowest BCUT2D eigenvalue weighted by molar-refractivity contribution is 0.575. The maximum absolute atomic E-state index is 12.2. The molecule has 0 aliphatic heterocycles. The van der Waals surface area contributed by atoms with Crippen LogP contribution in [0.25, 0.3) is 10.9 Å². The van der Waals surface area contributed by atoms with Gasteiger partial charge in [0.1, 0.15) is 0 Å². The van der Waals surface area contributed by atoms with Crippen LogP contribution >= 0.6 is 0 Å². The fourth-order valence-electron chi connectivity index (χ4n) is 2.65. The Morgan fingerprint density at radius 3 is 2.74 bits per heavy atom. The Hall–Kier alpha value is -1.37. The van der Waals surface area contributed by atoms with Gasteiger partial charge in [-0.1, -0.05) is 25.8 Å². The number of aromatic amines is 1. The minimum atomic E-state index is -3.27. The Bertz CT molecular complexity index is 723. The van der Waals surface area contributed by atoms with Gasteiger partial charge in [0.15, 0.2) is 0 Å². The molecule has 0 atom stereocenters. The second-order valence-electron chi connectivity index (χ2n) is 5.91. The molecule has 2 rings (SSSR count). The highest BCUT2D eigenvalue weighted by atomic mass is 32.2. The number of likely N-dealkylation sites (N-methyl/N-ethyl adjacent to an activating group) is 1. The lowest BCUT2D eigenvalue weighted by Crippen LogP contribution is -2.26. The molecule has 0 radical (unpaired) electrons. The smallest absolute Gasteiger partial charge is 0.215 e. The molecule has 1 aromatic heterocycles. The first-order valence-corrected chi connectivity index (χ1v) is 9.92. The van der Waals surface area contributed by atoms with Gasteiger partial charge >= 0.3 is 0 Å². The standard InChI is InChI=1S/C17H27N3O2S/c1-3-4-5-9-20-23(21,22)13-14-6-7-17-16(11-14)15(12-19-17)8-10-18-2/h6-7,11-12,18-20H,3-5,8-10,13H2,1-2H3. The van der Waals surface area contributed by atoms with Gasteiger partial charge in [-0.05, 0) is 49.7 Å². The summed E-state index contributed by atoms with van der Waals surface area (Å²) >= 11 is 0. The molecule has 3 N–H and O–H groups in total. The van der Waals surface area contributed by atoms with Crippen LogP contribution < -0.4 is 10.0 Å². The van der Waals surface area contributed by atoms with E-state index in [1.807, 2.05) is 31.4 Å². The minimum Gasteiger partial charge on any atom is -0.361 e. The summed E-state index contributed by atoms with van der Waals surface area (Å²) in [6.45, 7) is 3.52. The van der Waals surface area contributed by atoms with Crippen molar-refractivity contribution in [3.63, 3.8) is 0 Å². The zero-order valence-electron chi connectivity index (χ0n) is 14.0. The molecule has 0 fully saturated rings. The van der Waals surface area contributed by atoms with Crippen LogP contribution in [0.2, 0.25) is 0 Å². The highest BCUT2D eigenvalue weighted by Gasteiger charge is 2.12. The van der Waals surface area contributed by atoms with Crippen molar-refractivity contribution in [3.05, 3.63) is 35.5 Å². The van der Waals surface area contributed by atoms with Crippen LogP contribution in [0.15, 0.2) is 24.4 Å². The van der Waals surface area contributed by atoms with E-state index in [2.05, 4.69) is 21.9 Å². The Morgan fingerprint density at radius 2 is 2.00 bits per heavy atom. The van der Waals surface area contributed by atoms with Gasteiger partial charge in [-0.15, -0.1) is 0 Å². The van der Waals surface area contributed by atoms with E-state index in [9.17, 15) is 8.42 Å². The molecule has 2 aromatic rings. The van der Waals surface area contributed by atoms with Gasteiger partial charge < -0.3 is 10.3 Å². The van der Waals surface area contributed by atoms with E-state index in [0.717, 1.165) is 48.7 Å². The number of H-pyrrole nitrogens is 1. The number of rotatable bonds is 10. The van der Waals surface area contributed by atoms with Crippen molar-refractivity contribution >= 4 is 20.9 Å². The van der Waals surface area contributed by atoms with Crippen LogP contribution in [0.4, 0.5) is 0 Å². The second-order valence-corrected chi connectivity index (χ2v) is 7.71. The molecule has 0 saturated heterocycles. The molecule has 0 saturated carbocycles. The molecule has 0 unspecified atom stereocenters. The normalized spacial score (nSPS) is 12.1. The van der Waals surface area contributed by atoms with E-state index in [-0.39, 0.29) is 5.75 Å². The number of hydrogen-bond acceptors (Lipinski definition) is 3. The number of sulfonamides is 1. The van der Waals surface area contributed by atoms with Crippen molar-refractivity contribution in [1.29, 1.82) is 0 Å². The van der Waals surface area contributed by atoms with Gasteiger partial charge in [-0.25, -0.2) is 13.1 Å². The van der Waals surface area contributed by atoms with Crippen LogP contribution in [0.1, 0.15) is 37.3 Å². The Labute approximate surface area is 138 Å². The molecule has 1 heterocycles. The summed E-state index contributed by atoms with van der Waals surface area (Å²) in [6, 6.07) is 5.83. The number of fused-ring (bicyclic) bond motifs is 1. The molecule has 0 aliphatic rings. The largest absolute Gasteiger partial charge is 0.361 e. The van der Waals surface area contributed by atoms with E-state index >= 15 is 0 Å². The second kappa shape index (κ2) is 8.47. The van der Waals surface area contributed by atoms with E-state index in [1.54, 1.807) is 0 Å². The summed E-state index contributed by atoms with van der Waals surface area (Å²) < 4.78 is 27.0. The molecule has 23 heavy (non-hydrogen) atoms. The monoisotopic (exact) mass is 337 g/mol. The van der Waals surface area contributed by atoms with Crippen LogP contribution in [-0.2, 0) is 22.2 Å².